The molecule has 68 valence electrons. The van der Waals surface area contributed by atoms with Gasteiger partial charge in [-0.3, -0.25) is 0 Å². The lowest BCUT2D eigenvalue weighted by Gasteiger charge is -2.04. The van der Waals surface area contributed by atoms with E-state index in [1.165, 1.54) is 11.3 Å². The normalized spacial score (nSPS) is 14.0. The van der Waals surface area contributed by atoms with E-state index < -0.39 is 0 Å². The molecule has 12 heavy (non-hydrogen) atoms. The Balaban J connectivity index is 4.33. The Kier molecular flexibility index (Phi) is 6.16. The van der Waals surface area contributed by atoms with Gasteiger partial charge in [-0.15, -0.1) is 0 Å². The highest BCUT2D eigenvalue weighted by Crippen LogP contribution is 2.04. The van der Waals surface area contributed by atoms with Crippen LogP contribution in [0.5, 0.6) is 0 Å². The fraction of sp³-hybridized carbons (Fsp3) is 0.455. The monoisotopic (exact) mass is 165 g/mol. The molecule has 0 aliphatic rings. The fourth-order valence-corrected chi connectivity index (χ4v) is 0.868. The molecule has 0 saturated heterocycles. The number of hydrogen-bond donors (Lipinski definition) is 1. The van der Waals surface area contributed by atoms with Gasteiger partial charge in [0.05, 0.1) is 0 Å². The van der Waals surface area contributed by atoms with E-state index in [4.69, 9.17) is 0 Å². The standard InChI is InChI=1S/C11H19N/c1-5-7-8-9-11(12-4)10(3)6-2/h6-9,12H,5H2,1-4H3/b8-7-,10-6-,11-9+. The summed E-state index contributed by atoms with van der Waals surface area (Å²) in [5, 5.41) is 3.15. The summed E-state index contributed by atoms with van der Waals surface area (Å²) in [6.45, 7) is 6.28. The summed E-state index contributed by atoms with van der Waals surface area (Å²) in [5.74, 6) is 0. The van der Waals surface area contributed by atoms with E-state index in [0.29, 0.717) is 0 Å². The molecule has 0 amide bonds. The Labute approximate surface area is 75.9 Å². The maximum absolute atomic E-state index is 3.15. The molecule has 0 spiro atoms. The van der Waals surface area contributed by atoms with Gasteiger partial charge in [-0.2, -0.15) is 0 Å². The lowest BCUT2D eigenvalue weighted by molar-refractivity contribution is 0.996. The van der Waals surface area contributed by atoms with Crippen molar-refractivity contribution in [1.82, 2.24) is 5.32 Å². The molecule has 0 heterocycles. The van der Waals surface area contributed by atoms with E-state index in [1.54, 1.807) is 0 Å². The first kappa shape index (κ1) is 11.0. The highest BCUT2D eigenvalue weighted by atomic mass is 14.8. The van der Waals surface area contributed by atoms with Gasteiger partial charge < -0.3 is 5.32 Å². The van der Waals surface area contributed by atoms with Crippen molar-refractivity contribution in [3.05, 3.63) is 35.6 Å². The third-order valence-corrected chi connectivity index (χ3v) is 1.76. The quantitative estimate of drug-likeness (QED) is 0.631. The van der Waals surface area contributed by atoms with Crippen LogP contribution >= 0.6 is 0 Å². The van der Waals surface area contributed by atoms with Crippen LogP contribution in [0, 0.1) is 0 Å². The molecule has 0 atom stereocenters. The van der Waals surface area contributed by atoms with Crippen molar-refractivity contribution in [3.8, 4) is 0 Å². The molecule has 0 aliphatic heterocycles. The molecule has 0 aromatic heterocycles. The number of allylic oxidation sites excluding steroid dienone is 5. The van der Waals surface area contributed by atoms with Gasteiger partial charge in [-0.05, 0) is 31.9 Å². The summed E-state index contributed by atoms with van der Waals surface area (Å²) in [6.07, 6.45) is 9.50. The molecule has 0 unspecified atom stereocenters. The van der Waals surface area contributed by atoms with Gasteiger partial charge in [0.15, 0.2) is 0 Å². The van der Waals surface area contributed by atoms with Gasteiger partial charge >= 0.3 is 0 Å². The molecular formula is C11H19N. The van der Waals surface area contributed by atoms with Gasteiger partial charge in [0.1, 0.15) is 0 Å². The van der Waals surface area contributed by atoms with Crippen LogP contribution in [0.4, 0.5) is 0 Å². The lowest BCUT2D eigenvalue weighted by Crippen LogP contribution is -2.06. The molecule has 0 aliphatic carbocycles. The second-order valence-electron chi connectivity index (χ2n) is 2.64. The Bertz CT molecular complexity index is 197. The fourth-order valence-electron chi connectivity index (χ4n) is 0.868. The molecule has 0 radical (unpaired) electrons. The maximum atomic E-state index is 3.15. The van der Waals surface area contributed by atoms with Gasteiger partial charge in [-0.1, -0.05) is 25.2 Å². The molecule has 0 saturated carbocycles. The van der Waals surface area contributed by atoms with Gasteiger partial charge in [0.2, 0.25) is 0 Å². The average Bonchev–Trinajstić information content (AvgIpc) is 2.11. The molecule has 0 fully saturated rings. The summed E-state index contributed by atoms with van der Waals surface area (Å²) < 4.78 is 0. The maximum Gasteiger partial charge on any atom is 0.0363 e. The topological polar surface area (TPSA) is 12.0 Å². The Morgan fingerprint density at radius 2 is 2.08 bits per heavy atom. The Morgan fingerprint density at radius 3 is 2.50 bits per heavy atom. The van der Waals surface area contributed by atoms with Crippen LogP contribution in [0.2, 0.25) is 0 Å². The highest BCUT2D eigenvalue weighted by Gasteiger charge is 1.91. The first-order valence-corrected chi connectivity index (χ1v) is 4.44. The zero-order valence-electron chi connectivity index (χ0n) is 8.52. The van der Waals surface area contributed by atoms with Crippen molar-refractivity contribution in [2.75, 3.05) is 7.05 Å². The zero-order valence-corrected chi connectivity index (χ0v) is 8.52. The van der Waals surface area contributed by atoms with Crippen LogP contribution in [0.15, 0.2) is 35.6 Å². The van der Waals surface area contributed by atoms with Crippen LogP contribution in [0.3, 0.4) is 0 Å². The first-order chi connectivity index (χ1) is 5.76. The van der Waals surface area contributed by atoms with Gasteiger partial charge in [0.25, 0.3) is 0 Å². The largest absolute Gasteiger partial charge is 0.388 e. The Hall–Kier alpha value is -0.980. The van der Waals surface area contributed by atoms with Crippen LogP contribution in [0.1, 0.15) is 27.2 Å². The summed E-state index contributed by atoms with van der Waals surface area (Å²) in [5.41, 5.74) is 2.46. The molecule has 0 rings (SSSR count). The zero-order chi connectivity index (χ0) is 9.40. The van der Waals surface area contributed by atoms with Crippen molar-refractivity contribution < 1.29 is 0 Å². The highest BCUT2D eigenvalue weighted by molar-refractivity contribution is 5.29. The Morgan fingerprint density at radius 1 is 1.42 bits per heavy atom. The molecule has 0 bridgehead atoms. The molecule has 1 N–H and O–H groups in total. The second kappa shape index (κ2) is 6.71. The minimum Gasteiger partial charge on any atom is -0.388 e. The van der Waals surface area contributed by atoms with E-state index in [-0.39, 0.29) is 0 Å². The first-order valence-electron chi connectivity index (χ1n) is 4.44. The number of hydrogen-bond acceptors (Lipinski definition) is 1. The van der Waals surface area contributed by atoms with E-state index in [0.717, 1.165) is 6.42 Å². The summed E-state index contributed by atoms with van der Waals surface area (Å²) in [6, 6.07) is 0. The van der Waals surface area contributed by atoms with E-state index in [2.05, 4.69) is 43.5 Å². The van der Waals surface area contributed by atoms with Crippen LogP contribution < -0.4 is 5.32 Å². The second-order valence-corrected chi connectivity index (χ2v) is 2.64. The molecule has 1 heteroatoms. The summed E-state index contributed by atoms with van der Waals surface area (Å²) >= 11 is 0. The molecule has 1 nitrogen and oxygen atoms in total. The molecular weight excluding hydrogens is 146 g/mol. The van der Waals surface area contributed by atoms with Crippen LogP contribution in [-0.2, 0) is 0 Å². The lowest BCUT2D eigenvalue weighted by atomic mass is 10.2. The van der Waals surface area contributed by atoms with Gasteiger partial charge in [0, 0.05) is 12.7 Å². The van der Waals surface area contributed by atoms with E-state index in [1.807, 2.05) is 14.0 Å². The van der Waals surface area contributed by atoms with E-state index in [9.17, 15) is 0 Å². The van der Waals surface area contributed by atoms with Gasteiger partial charge in [-0.25, -0.2) is 0 Å². The van der Waals surface area contributed by atoms with E-state index >= 15 is 0 Å². The van der Waals surface area contributed by atoms with Crippen molar-refractivity contribution in [1.29, 1.82) is 0 Å². The number of rotatable bonds is 4. The van der Waals surface area contributed by atoms with Crippen molar-refractivity contribution in [2.24, 2.45) is 0 Å². The predicted octanol–water partition coefficient (Wildman–Crippen LogP) is 3.02. The number of nitrogens with one attached hydrogen (secondary N) is 1. The third kappa shape index (κ3) is 4.02. The van der Waals surface area contributed by atoms with Crippen LogP contribution in [-0.4, -0.2) is 7.05 Å². The SMILES string of the molecule is C\C=C(C)/C(=C\C=C/CC)NC. The molecule has 0 aromatic rings. The minimum atomic E-state index is 1.09. The summed E-state index contributed by atoms with van der Waals surface area (Å²) in [4.78, 5) is 0. The smallest absolute Gasteiger partial charge is 0.0363 e. The minimum absolute atomic E-state index is 1.09. The third-order valence-electron chi connectivity index (χ3n) is 1.76. The molecule has 0 aromatic carbocycles. The summed E-state index contributed by atoms with van der Waals surface area (Å²) in [7, 11) is 1.94. The van der Waals surface area contributed by atoms with Crippen LogP contribution in [0.25, 0.3) is 0 Å². The number of likely N-dealkylation sites (N-methyl/N-ethyl adjacent to an activating group) is 1. The average molecular weight is 165 g/mol. The van der Waals surface area contributed by atoms with Crippen molar-refractivity contribution >= 4 is 0 Å². The van der Waals surface area contributed by atoms with Crippen molar-refractivity contribution in [3.63, 3.8) is 0 Å². The predicted molar refractivity (Wildman–Crippen MR) is 56.0 cm³/mol. The van der Waals surface area contributed by atoms with Crippen molar-refractivity contribution in [2.45, 2.75) is 27.2 Å².